The van der Waals surface area contributed by atoms with Crippen molar-refractivity contribution in [2.24, 2.45) is 4.99 Å². The molecule has 1 aliphatic heterocycles. The minimum Gasteiger partial charge on any atom is -0.496 e. The molecule has 1 atom stereocenters. The fourth-order valence-electron chi connectivity index (χ4n) is 4.43. The monoisotopic (exact) mass is 434 g/mol. The minimum atomic E-state index is 0.253. The van der Waals surface area contributed by atoms with E-state index in [-0.39, 0.29) is 6.04 Å². The molecule has 32 heavy (non-hydrogen) atoms. The molecule has 1 aromatic heterocycles. The van der Waals surface area contributed by atoms with Crippen LogP contribution in [0.5, 0.6) is 5.75 Å². The summed E-state index contributed by atoms with van der Waals surface area (Å²) < 4.78 is 5.65. The number of aryl methyl sites for hydroxylation is 1. The van der Waals surface area contributed by atoms with Crippen molar-refractivity contribution in [2.75, 3.05) is 40.3 Å². The summed E-state index contributed by atoms with van der Waals surface area (Å²) in [5.41, 5.74) is 3.35. The molecule has 7 heteroatoms. The summed E-state index contributed by atoms with van der Waals surface area (Å²) >= 11 is 0. The number of aromatic nitrogens is 2. The lowest BCUT2D eigenvalue weighted by atomic mass is 10.0. The molecule has 7 nitrogen and oxygen atoms in total. The van der Waals surface area contributed by atoms with Gasteiger partial charge in [-0.15, -0.1) is 0 Å². The molecule has 1 fully saturated rings. The van der Waals surface area contributed by atoms with Gasteiger partial charge < -0.3 is 20.4 Å². The summed E-state index contributed by atoms with van der Waals surface area (Å²) in [6.45, 7) is 3.85. The SMILES string of the molecule is CN=C(NCCCc1nc2ccccc2[nH]1)NCC(c1ccccc1OC)N1CCCC1. The van der Waals surface area contributed by atoms with E-state index in [1.165, 1.54) is 18.4 Å². The Hall–Kier alpha value is -3.06. The number of fused-ring (bicyclic) bond motifs is 1. The predicted octanol–water partition coefficient (Wildman–Crippen LogP) is 3.51. The number of hydrogen-bond donors (Lipinski definition) is 3. The van der Waals surface area contributed by atoms with Crippen molar-refractivity contribution < 1.29 is 4.74 Å². The maximum absolute atomic E-state index is 5.65. The van der Waals surface area contributed by atoms with E-state index < -0.39 is 0 Å². The van der Waals surface area contributed by atoms with Gasteiger partial charge in [-0.1, -0.05) is 30.3 Å². The maximum atomic E-state index is 5.65. The van der Waals surface area contributed by atoms with Crippen molar-refractivity contribution in [2.45, 2.75) is 31.7 Å². The fourth-order valence-corrected chi connectivity index (χ4v) is 4.43. The molecule has 170 valence electrons. The number of aliphatic imine (C=N–C) groups is 1. The van der Waals surface area contributed by atoms with Crippen molar-refractivity contribution in [3.63, 3.8) is 0 Å². The first-order valence-electron chi connectivity index (χ1n) is 11.5. The third-order valence-electron chi connectivity index (χ3n) is 6.09. The zero-order valence-electron chi connectivity index (χ0n) is 19.1. The van der Waals surface area contributed by atoms with Crippen molar-refractivity contribution in [1.29, 1.82) is 0 Å². The van der Waals surface area contributed by atoms with Gasteiger partial charge in [0.1, 0.15) is 11.6 Å². The smallest absolute Gasteiger partial charge is 0.191 e. The number of methoxy groups -OCH3 is 1. The Morgan fingerprint density at radius 1 is 1.12 bits per heavy atom. The van der Waals surface area contributed by atoms with Crippen LogP contribution < -0.4 is 15.4 Å². The van der Waals surface area contributed by atoms with Crippen LogP contribution in [0.1, 0.15) is 36.7 Å². The molecule has 0 spiro atoms. The topological polar surface area (TPSA) is 77.6 Å². The highest BCUT2D eigenvalue weighted by Gasteiger charge is 2.26. The number of likely N-dealkylation sites (tertiary alicyclic amines) is 1. The number of benzene rings is 2. The predicted molar refractivity (Wildman–Crippen MR) is 130 cm³/mol. The first-order chi connectivity index (χ1) is 15.8. The Bertz CT molecular complexity index is 991. The molecule has 4 rings (SSSR count). The molecule has 3 aromatic rings. The van der Waals surface area contributed by atoms with Crippen LogP contribution in [0, 0.1) is 0 Å². The van der Waals surface area contributed by atoms with E-state index in [4.69, 9.17) is 4.74 Å². The molecular formula is C25H34N6O. The van der Waals surface area contributed by atoms with Crippen molar-refractivity contribution in [3.8, 4) is 5.75 Å². The largest absolute Gasteiger partial charge is 0.496 e. The third-order valence-corrected chi connectivity index (χ3v) is 6.09. The van der Waals surface area contributed by atoms with Crippen LogP contribution in [-0.4, -0.2) is 61.2 Å². The summed E-state index contributed by atoms with van der Waals surface area (Å²) in [5.74, 6) is 2.80. The van der Waals surface area contributed by atoms with E-state index in [1.54, 1.807) is 7.11 Å². The van der Waals surface area contributed by atoms with E-state index in [2.05, 4.69) is 48.7 Å². The van der Waals surface area contributed by atoms with Gasteiger partial charge in [-0.05, 0) is 50.6 Å². The molecule has 1 unspecified atom stereocenters. The van der Waals surface area contributed by atoms with Gasteiger partial charge in [0.2, 0.25) is 0 Å². The normalized spacial score (nSPS) is 15.8. The number of imidazole rings is 1. The van der Waals surface area contributed by atoms with E-state index in [0.717, 1.165) is 67.6 Å². The molecule has 0 saturated carbocycles. The van der Waals surface area contributed by atoms with E-state index in [0.29, 0.717) is 0 Å². The standard InChI is InChI=1S/C25H34N6O/c1-26-25(27-15-9-14-24-29-20-11-4-5-12-21(20)30-24)28-18-22(31-16-7-8-17-31)19-10-3-6-13-23(19)32-2/h3-6,10-13,22H,7-9,14-18H2,1-2H3,(H,29,30)(H2,26,27,28). The molecule has 0 aliphatic carbocycles. The summed E-state index contributed by atoms with van der Waals surface area (Å²) in [4.78, 5) is 15.0. The van der Waals surface area contributed by atoms with E-state index in [9.17, 15) is 0 Å². The second-order valence-corrected chi connectivity index (χ2v) is 8.18. The first-order valence-corrected chi connectivity index (χ1v) is 11.5. The molecule has 1 aliphatic rings. The molecule has 0 bridgehead atoms. The molecular weight excluding hydrogens is 400 g/mol. The second-order valence-electron chi connectivity index (χ2n) is 8.18. The van der Waals surface area contributed by atoms with Crippen LogP contribution in [0.25, 0.3) is 11.0 Å². The number of H-pyrrole nitrogens is 1. The van der Waals surface area contributed by atoms with Gasteiger partial charge in [-0.25, -0.2) is 4.98 Å². The Morgan fingerprint density at radius 3 is 2.69 bits per heavy atom. The Balaban J connectivity index is 1.30. The van der Waals surface area contributed by atoms with E-state index in [1.807, 2.05) is 37.4 Å². The summed E-state index contributed by atoms with van der Waals surface area (Å²) in [7, 11) is 3.57. The van der Waals surface area contributed by atoms with Crippen molar-refractivity contribution in [3.05, 3.63) is 59.9 Å². The van der Waals surface area contributed by atoms with Crippen LogP contribution in [0.3, 0.4) is 0 Å². The maximum Gasteiger partial charge on any atom is 0.191 e. The molecule has 3 N–H and O–H groups in total. The number of nitrogens with one attached hydrogen (secondary N) is 3. The van der Waals surface area contributed by atoms with Gasteiger partial charge in [0.25, 0.3) is 0 Å². The van der Waals surface area contributed by atoms with Gasteiger partial charge in [-0.2, -0.15) is 0 Å². The summed E-state index contributed by atoms with van der Waals surface area (Å²) in [5, 5.41) is 6.98. The van der Waals surface area contributed by atoms with Gasteiger partial charge >= 0.3 is 0 Å². The Labute approximate surface area is 190 Å². The molecule has 0 radical (unpaired) electrons. The Morgan fingerprint density at radius 2 is 1.91 bits per heavy atom. The number of guanidine groups is 1. The second kappa shape index (κ2) is 11.0. The lowest BCUT2D eigenvalue weighted by molar-refractivity contribution is 0.239. The number of para-hydroxylation sites is 3. The molecule has 0 amide bonds. The molecule has 2 heterocycles. The lowest BCUT2D eigenvalue weighted by Gasteiger charge is -2.30. The zero-order valence-corrected chi connectivity index (χ0v) is 19.1. The highest BCUT2D eigenvalue weighted by atomic mass is 16.5. The van der Waals surface area contributed by atoms with Crippen LogP contribution in [-0.2, 0) is 6.42 Å². The van der Waals surface area contributed by atoms with Crippen LogP contribution in [0.15, 0.2) is 53.5 Å². The van der Waals surface area contributed by atoms with Crippen molar-refractivity contribution in [1.82, 2.24) is 25.5 Å². The highest BCUT2D eigenvalue weighted by Crippen LogP contribution is 2.31. The average molecular weight is 435 g/mol. The van der Waals surface area contributed by atoms with Crippen LogP contribution >= 0.6 is 0 Å². The highest BCUT2D eigenvalue weighted by molar-refractivity contribution is 5.79. The average Bonchev–Trinajstić information content (AvgIpc) is 3.50. The number of nitrogens with zero attached hydrogens (tertiary/aromatic N) is 3. The van der Waals surface area contributed by atoms with Crippen molar-refractivity contribution >= 4 is 17.0 Å². The first kappa shape index (κ1) is 22.1. The number of rotatable bonds is 9. The Kier molecular flexibility index (Phi) is 7.61. The van der Waals surface area contributed by atoms with E-state index >= 15 is 0 Å². The molecule has 2 aromatic carbocycles. The quantitative estimate of drug-likeness (QED) is 0.273. The summed E-state index contributed by atoms with van der Waals surface area (Å²) in [6, 6.07) is 16.7. The van der Waals surface area contributed by atoms with Gasteiger partial charge in [0.05, 0.1) is 24.2 Å². The van der Waals surface area contributed by atoms with Gasteiger partial charge in [0, 0.05) is 32.1 Å². The zero-order chi connectivity index (χ0) is 22.2. The number of ether oxygens (including phenoxy) is 1. The number of hydrogen-bond acceptors (Lipinski definition) is 4. The fraction of sp³-hybridized carbons (Fsp3) is 0.440. The van der Waals surface area contributed by atoms with Crippen LogP contribution in [0.2, 0.25) is 0 Å². The van der Waals surface area contributed by atoms with Gasteiger partial charge in [0.15, 0.2) is 5.96 Å². The van der Waals surface area contributed by atoms with Gasteiger partial charge in [-0.3, -0.25) is 9.89 Å². The summed E-state index contributed by atoms with van der Waals surface area (Å²) in [6.07, 6.45) is 4.37. The number of aromatic amines is 1. The van der Waals surface area contributed by atoms with Crippen LogP contribution in [0.4, 0.5) is 0 Å². The minimum absolute atomic E-state index is 0.253. The molecule has 1 saturated heterocycles. The lowest BCUT2D eigenvalue weighted by Crippen LogP contribution is -2.43. The third kappa shape index (κ3) is 5.40.